The molecule has 100 valence electrons. The first kappa shape index (κ1) is 15.1. The highest BCUT2D eigenvalue weighted by atomic mass is 32.2. The first-order valence-corrected chi connectivity index (χ1v) is 6.71. The fourth-order valence-corrected chi connectivity index (χ4v) is 2.13. The normalized spacial score (nSPS) is 13.4. The number of hydrogen-bond acceptors (Lipinski definition) is 2. The summed E-state index contributed by atoms with van der Waals surface area (Å²) in [5, 5.41) is 0.333. The molecule has 0 N–H and O–H groups in total. The maximum absolute atomic E-state index is 12.5. The van der Waals surface area contributed by atoms with Gasteiger partial charge in [-0.3, -0.25) is 4.79 Å². The molecule has 0 saturated carbocycles. The molecular weight excluding hydrogens is 261 g/mol. The first-order valence-electron chi connectivity index (χ1n) is 5.66. The van der Waals surface area contributed by atoms with E-state index in [9.17, 15) is 18.0 Å². The van der Waals surface area contributed by atoms with E-state index >= 15 is 0 Å². The van der Waals surface area contributed by atoms with E-state index in [1.54, 1.807) is 0 Å². The summed E-state index contributed by atoms with van der Waals surface area (Å²) < 4.78 is 37.5. The number of alkyl halides is 3. The van der Waals surface area contributed by atoms with Crippen molar-refractivity contribution in [2.24, 2.45) is 0 Å². The summed E-state index contributed by atoms with van der Waals surface area (Å²) in [5.74, 6) is -0.0394. The largest absolute Gasteiger partial charge is 0.416 e. The van der Waals surface area contributed by atoms with Crippen LogP contribution in [0.25, 0.3) is 0 Å². The zero-order valence-electron chi connectivity index (χ0n) is 10.3. The zero-order valence-corrected chi connectivity index (χ0v) is 11.1. The van der Waals surface area contributed by atoms with Gasteiger partial charge in [0.1, 0.15) is 0 Å². The fourth-order valence-electron chi connectivity index (χ4n) is 1.29. The Morgan fingerprint density at radius 3 is 2.61 bits per heavy atom. The Morgan fingerprint density at radius 1 is 1.39 bits per heavy atom. The molecular formula is C13H15F3OS. The minimum absolute atomic E-state index is 0.126. The van der Waals surface area contributed by atoms with E-state index in [1.165, 1.54) is 23.9 Å². The molecule has 0 bridgehead atoms. The number of Topliss-reactive ketones (excluding diaryl/α,β-unsaturated/α-hetero) is 1. The number of carbonyl (C=O) groups excluding carboxylic acids is 1. The minimum atomic E-state index is -4.40. The van der Waals surface area contributed by atoms with E-state index in [4.69, 9.17) is 0 Å². The number of carbonyl (C=O) groups is 1. The van der Waals surface area contributed by atoms with E-state index < -0.39 is 11.7 Å². The van der Waals surface area contributed by atoms with Crippen LogP contribution < -0.4 is 0 Å². The summed E-state index contributed by atoms with van der Waals surface area (Å²) in [6.45, 7) is 4.00. The van der Waals surface area contributed by atoms with E-state index in [0.29, 0.717) is 5.25 Å². The molecule has 0 aromatic heterocycles. The van der Waals surface area contributed by atoms with Crippen LogP contribution in [0.4, 0.5) is 13.2 Å². The van der Waals surface area contributed by atoms with Crippen molar-refractivity contribution >= 4 is 17.5 Å². The highest BCUT2D eigenvalue weighted by Crippen LogP contribution is 2.29. The highest BCUT2D eigenvalue weighted by molar-refractivity contribution is 8.00. The second kappa shape index (κ2) is 6.27. The Labute approximate surface area is 109 Å². The van der Waals surface area contributed by atoms with Gasteiger partial charge in [0.25, 0.3) is 0 Å². The Bertz CT molecular complexity index is 415. The molecule has 0 aliphatic heterocycles. The number of halogens is 3. The third-order valence-corrected chi connectivity index (χ3v) is 3.92. The summed E-state index contributed by atoms with van der Waals surface area (Å²) in [6, 6.07) is 4.58. The average Bonchev–Trinajstić information content (AvgIpc) is 2.34. The molecule has 0 saturated heterocycles. The molecule has 0 spiro atoms. The Kier molecular flexibility index (Phi) is 5.26. The molecule has 0 heterocycles. The summed E-state index contributed by atoms with van der Waals surface area (Å²) in [5.41, 5.74) is -0.650. The molecule has 0 radical (unpaired) electrons. The average molecular weight is 276 g/mol. The van der Waals surface area contributed by atoms with E-state index in [0.717, 1.165) is 18.6 Å². The molecule has 0 amide bonds. The molecule has 1 aromatic carbocycles. The zero-order chi connectivity index (χ0) is 13.8. The predicted molar refractivity (Wildman–Crippen MR) is 68.0 cm³/mol. The lowest BCUT2D eigenvalue weighted by Gasteiger charge is -2.09. The number of rotatable bonds is 5. The van der Waals surface area contributed by atoms with Crippen molar-refractivity contribution in [3.8, 4) is 0 Å². The van der Waals surface area contributed by atoms with Crippen LogP contribution in [0.2, 0.25) is 0 Å². The summed E-state index contributed by atoms with van der Waals surface area (Å²) in [6.07, 6.45) is -3.47. The van der Waals surface area contributed by atoms with Crippen LogP contribution in [-0.2, 0) is 6.18 Å². The first-order chi connectivity index (χ1) is 8.34. The van der Waals surface area contributed by atoms with Crippen molar-refractivity contribution in [3.05, 3.63) is 35.4 Å². The summed E-state index contributed by atoms with van der Waals surface area (Å²) >= 11 is 1.46. The van der Waals surface area contributed by atoms with Crippen molar-refractivity contribution in [3.63, 3.8) is 0 Å². The van der Waals surface area contributed by atoms with Crippen molar-refractivity contribution in [1.82, 2.24) is 0 Å². The van der Waals surface area contributed by atoms with Crippen molar-refractivity contribution in [1.29, 1.82) is 0 Å². The smallest absolute Gasteiger partial charge is 0.293 e. The molecule has 1 aromatic rings. The number of hydrogen-bond donors (Lipinski definition) is 0. The van der Waals surface area contributed by atoms with Gasteiger partial charge in [-0.2, -0.15) is 24.9 Å². The summed E-state index contributed by atoms with van der Waals surface area (Å²) in [7, 11) is 0. The van der Waals surface area contributed by atoms with E-state index in [-0.39, 0.29) is 17.1 Å². The molecule has 0 aliphatic carbocycles. The molecule has 0 aliphatic rings. The Balaban J connectivity index is 2.75. The van der Waals surface area contributed by atoms with Gasteiger partial charge in [0, 0.05) is 10.8 Å². The van der Waals surface area contributed by atoms with Crippen LogP contribution in [-0.4, -0.2) is 16.8 Å². The third-order valence-electron chi connectivity index (χ3n) is 2.59. The van der Waals surface area contributed by atoms with Gasteiger partial charge in [0.15, 0.2) is 5.78 Å². The Morgan fingerprint density at radius 2 is 2.06 bits per heavy atom. The molecule has 0 fully saturated rings. The third kappa shape index (κ3) is 4.37. The highest BCUT2D eigenvalue weighted by Gasteiger charge is 2.30. The lowest BCUT2D eigenvalue weighted by molar-refractivity contribution is -0.137. The number of ketones is 1. The summed E-state index contributed by atoms with van der Waals surface area (Å²) in [4.78, 5) is 11.8. The standard InChI is InChI=1S/C13H15F3OS/c1-3-9(2)18-8-12(17)10-5-4-6-11(7-10)13(14,15)16/h4-7,9H,3,8H2,1-2H3/t9-/m1/s1. The van der Waals surface area contributed by atoms with Crippen molar-refractivity contribution < 1.29 is 18.0 Å². The van der Waals surface area contributed by atoms with Gasteiger partial charge in [-0.25, -0.2) is 0 Å². The second-order valence-corrected chi connectivity index (χ2v) is 5.46. The molecule has 5 heteroatoms. The molecule has 1 rings (SSSR count). The lowest BCUT2D eigenvalue weighted by Crippen LogP contribution is -2.09. The quantitative estimate of drug-likeness (QED) is 0.740. The van der Waals surface area contributed by atoms with Crippen molar-refractivity contribution in [2.45, 2.75) is 31.7 Å². The van der Waals surface area contributed by atoms with Crippen LogP contribution in [0.15, 0.2) is 24.3 Å². The predicted octanol–water partition coefficient (Wildman–Crippen LogP) is 4.42. The van der Waals surface area contributed by atoms with Crippen LogP contribution in [0.3, 0.4) is 0 Å². The minimum Gasteiger partial charge on any atom is -0.293 e. The van der Waals surface area contributed by atoms with E-state index in [2.05, 4.69) is 0 Å². The second-order valence-electron chi connectivity index (χ2n) is 4.03. The van der Waals surface area contributed by atoms with Gasteiger partial charge in [-0.15, -0.1) is 0 Å². The van der Waals surface area contributed by atoms with Crippen LogP contribution in [0, 0.1) is 0 Å². The molecule has 18 heavy (non-hydrogen) atoms. The van der Waals surface area contributed by atoms with Gasteiger partial charge in [-0.05, 0) is 18.6 Å². The molecule has 1 nitrogen and oxygen atoms in total. The number of thioether (sulfide) groups is 1. The van der Waals surface area contributed by atoms with Gasteiger partial charge in [0.05, 0.1) is 11.3 Å². The number of benzene rings is 1. The molecule has 1 atom stereocenters. The fraction of sp³-hybridized carbons (Fsp3) is 0.462. The maximum atomic E-state index is 12.5. The topological polar surface area (TPSA) is 17.1 Å². The van der Waals surface area contributed by atoms with Gasteiger partial charge >= 0.3 is 6.18 Å². The lowest BCUT2D eigenvalue weighted by atomic mass is 10.1. The van der Waals surface area contributed by atoms with Crippen molar-refractivity contribution in [2.75, 3.05) is 5.75 Å². The van der Waals surface area contributed by atoms with Gasteiger partial charge in [-0.1, -0.05) is 26.0 Å². The van der Waals surface area contributed by atoms with Crippen LogP contribution in [0.5, 0.6) is 0 Å². The van der Waals surface area contributed by atoms with Gasteiger partial charge in [0.2, 0.25) is 0 Å². The SMILES string of the molecule is CC[C@@H](C)SCC(=O)c1cccc(C(F)(F)F)c1. The Hall–Kier alpha value is -0.970. The monoisotopic (exact) mass is 276 g/mol. The van der Waals surface area contributed by atoms with Crippen LogP contribution >= 0.6 is 11.8 Å². The van der Waals surface area contributed by atoms with E-state index in [1.807, 2.05) is 13.8 Å². The van der Waals surface area contributed by atoms with Gasteiger partial charge < -0.3 is 0 Å². The molecule has 0 unspecified atom stereocenters. The maximum Gasteiger partial charge on any atom is 0.416 e. The van der Waals surface area contributed by atoms with Crippen LogP contribution in [0.1, 0.15) is 36.2 Å².